The van der Waals surface area contributed by atoms with Gasteiger partial charge in [0.1, 0.15) is 11.9 Å². The van der Waals surface area contributed by atoms with Crippen molar-refractivity contribution >= 4 is 0 Å². The molecule has 0 radical (unpaired) electrons. The van der Waals surface area contributed by atoms with E-state index >= 15 is 0 Å². The van der Waals surface area contributed by atoms with E-state index in [1.807, 2.05) is 6.07 Å². The van der Waals surface area contributed by atoms with Gasteiger partial charge in [0.15, 0.2) is 0 Å². The molecule has 2 N–H and O–H groups in total. The Hall–Kier alpha value is -1.06. The van der Waals surface area contributed by atoms with E-state index in [2.05, 4.69) is 38.2 Å². The van der Waals surface area contributed by atoms with E-state index in [0.29, 0.717) is 5.92 Å². The van der Waals surface area contributed by atoms with Gasteiger partial charge in [0.05, 0.1) is 6.10 Å². The van der Waals surface area contributed by atoms with Crippen LogP contribution in [0.4, 0.5) is 0 Å². The Kier molecular flexibility index (Phi) is 5.44. The summed E-state index contributed by atoms with van der Waals surface area (Å²) in [4.78, 5) is 0. The van der Waals surface area contributed by atoms with Crippen LogP contribution in [0, 0.1) is 12.8 Å². The Labute approximate surface area is 122 Å². The third kappa shape index (κ3) is 4.22. The summed E-state index contributed by atoms with van der Waals surface area (Å²) in [5.74, 6) is 1.55. The number of benzene rings is 1. The standard InChI is InChI=1S/C17H27NO2/c1-12(2)10-18-11-14-9-13(3)7-8-16(14)20-17-6-4-5-15(17)19/h7-9,12,15,17-19H,4-6,10-11H2,1-3H3. The fraction of sp³-hybridized carbons (Fsp3) is 0.647. The number of hydrogen-bond donors (Lipinski definition) is 2. The quantitative estimate of drug-likeness (QED) is 0.840. The van der Waals surface area contributed by atoms with Crippen molar-refractivity contribution in [3.05, 3.63) is 29.3 Å². The largest absolute Gasteiger partial charge is 0.487 e. The lowest BCUT2D eigenvalue weighted by Gasteiger charge is -2.20. The fourth-order valence-electron chi connectivity index (χ4n) is 2.66. The summed E-state index contributed by atoms with van der Waals surface area (Å²) in [6.45, 7) is 8.32. The van der Waals surface area contributed by atoms with Gasteiger partial charge >= 0.3 is 0 Å². The van der Waals surface area contributed by atoms with Crippen molar-refractivity contribution in [1.82, 2.24) is 5.32 Å². The van der Waals surface area contributed by atoms with Gasteiger partial charge in [-0.25, -0.2) is 0 Å². The van der Waals surface area contributed by atoms with E-state index in [-0.39, 0.29) is 12.2 Å². The van der Waals surface area contributed by atoms with Crippen LogP contribution in [0.25, 0.3) is 0 Å². The first-order valence-corrected chi connectivity index (χ1v) is 7.71. The molecular weight excluding hydrogens is 250 g/mol. The minimum absolute atomic E-state index is 0.0402. The molecule has 3 heteroatoms. The molecule has 0 amide bonds. The van der Waals surface area contributed by atoms with Crippen molar-refractivity contribution in [2.45, 2.75) is 58.8 Å². The van der Waals surface area contributed by atoms with Gasteiger partial charge in [-0.1, -0.05) is 31.5 Å². The Morgan fingerprint density at radius 3 is 2.80 bits per heavy atom. The SMILES string of the molecule is Cc1ccc(OC2CCCC2O)c(CNCC(C)C)c1. The first kappa shape index (κ1) is 15.3. The number of ether oxygens (including phenoxy) is 1. The fourth-order valence-corrected chi connectivity index (χ4v) is 2.66. The maximum Gasteiger partial charge on any atom is 0.124 e. The summed E-state index contributed by atoms with van der Waals surface area (Å²) >= 11 is 0. The molecule has 1 aromatic rings. The lowest BCUT2D eigenvalue weighted by atomic mass is 10.1. The average molecular weight is 277 g/mol. The minimum Gasteiger partial charge on any atom is -0.487 e. The number of aliphatic hydroxyl groups excluding tert-OH is 1. The first-order valence-electron chi connectivity index (χ1n) is 7.71. The average Bonchev–Trinajstić information content (AvgIpc) is 2.78. The highest BCUT2D eigenvalue weighted by molar-refractivity contribution is 5.37. The smallest absolute Gasteiger partial charge is 0.124 e. The molecule has 2 atom stereocenters. The molecular formula is C17H27NO2. The monoisotopic (exact) mass is 277 g/mol. The normalized spacial score (nSPS) is 22.4. The Morgan fingerprint density at radius 1 is 1.35 bits per heavy atom. The molecule has 2 unspecified atom stereocenters. The molecule has 1 fully saturated rings. The third-order valence-electron chi connectivity index (χ3n) is 3.78. The van der Waals surface area contributed by atoms with Crippen LogP contribution in [-0.2, 0) is 6.54 Å². The minimum atomic E-state index is -0.312. The topological polar surface area (TPSA) is 41.5 Å². The number of rotatable bonds is 6. The van der Waals surface area contributed by atoms with E-state index in [9.17, 15) is 5.11 Å². The summed E-state index contributed by atoms with van der Waals surface area (Å²) in [7, 11) is 0. The summed E-state index contributed by atoms with van der Waals surface area (Å²) in [5, 5.41) is 13.4. The van der Waals surface area contributed by atoms with Crippen LogP contribution in [0.3, 0.4) is 0 Å². The Balaban J connectivity index is 2.03. The second-order valence-corrected chi connectivity index (χ2v) is 6.29. The van der Waals surface area contributed by atoms with Gasteiger partial charge < -0.3 is 15.2 Å². The van der Waals surface area contributed by atoms with Crippen LogP contribution in [0.15, 0.2) is 18.2 Å². The zero-order valence-electron chi connectivity index (χ0n) is 12.9. The van der Waals surface area contributed by atoms with E-state index in [0.717, 1.165) is 38.1 Å². The molecule has 0 bridgehead atoms. The Bertz CT molecular complexity index is 431. The summed E-state index contributed by atoms with van der Waals surface area (Å²) < 4.78 is 6.04. The molecule has 1 aliphatic rings. The molecule has 2 rings (SSSR count). The molecule has 0 aromatic heterocycles. The number of aliphatic hydroxyl groups is 1. The molecule has 1 aromatic carbocycles. The summed E-state index contributed by atoms with van der Waals surface area (Å²) in [6.07, 6.45) is 2.51. The number of hydrogen-bond acceptors (Lipinski definition) is 3. The lowest BCUT2D eigenvalue weighted by Crippen LogP contribution is -2.27. The molecule has 0 spiro atoms. The zero-order valence-corrected chi connectivity index (χ0v) is 12.9. The van der Waals surface area contributed by atoms with Gasteiger partial charge in [-0.05, 0) is 44.7 Å². The van der Waals surface area contributed by atoms with Crippen LogP contribution in [0.5, 0.6) is 5.75 Å². The van der Waals surface area contributed by atoms with Crippen LogP contribution in [0.1, 0.15) is 44.2 Å². The van der Waals surface area contributed by atoms with Crippen molar-refractivity contribution in [2.75, 3.05) is 6.54 Å². The van der Waals surface area contributed by atoms with E-state index in [1.165, 1.54) is 11.1 Å². The van der Waals surface area contributed by atoms with E-state index in [4.69, 9.17) is 4.74 Å². The van der Waals surface area contributed by atoms with Crippen molar-refractivity contribution in [3.63, 3.8) is 0 Å². The Morgan fingerprint density at radius 2 is 2.15 bits per heavy atom. The van der Waals surface area contributed by atoms with E-state index < -0.39 is 0 Å². The van der Waals surface area contributed by atoms with Crippen molar-refractivity contribution in [2.24, 2.45) is 5.92 Å². The molecule has 20 heavy (non-hydrogen) atoms. The van der Waals surface area contributed by atoms with Crippen LogP contribution in [-0.4, -0.2) is 23.9 Å². The van der Waals surface area contributed by atoms with Gasteiger partial charge in [-0.3, -0.25) is 0 Å². The molecule has 3 nitrogen and oxygen atoms in total. The maximum absolute atomic E-state index is 9.90. The third-order valence-corrected chi connectivity index (χ3v) is 3.78. The van der Waals surface area contributed by atoms with Gasteiger partial charge in [0, 0.05) is 12.1 Å². The molecule has 0 heterocycles. The first-order chi connectivity index (χ1) is 9.56. The van der Waals surface area contributed by atoms with E-state index in [1.54, 1.807) is 0 Å². The second-order valence-electron chi connectivity index (χ2n) is 6.29. The molecule has 0 aliphatic heterocycles. The molecule has 112 valence electrons. The maximum atomic E-state index is 9.90. The van der Waals surface area contributed by atoms with Gasteiger partial charge in [0.25, 0.3) is 0 Å². The van der Waals surface area contributed by atoms with Gasteiger partial charge in [0.2, 0.25) is 0 Å². The molecule has 0 saturated heterocycles. The molecule has 1 saturated carbocycles. The van der Waals surface area contributed by atoms with Gasteiger partial charge in [-0.2, -0.15) is 0 Å². The highest BCUT2D eigenvalue weighted by atomic mass is 16.5. The summed E-state index contributed by atoms with van der Waals surface area (Å²) in [5.41, 5.74) is 2.43. The lowest BCUT2D eigenvalue weighted by molar-refractivity contribution is 0.0597. The highest BCUT2D eigenvalue weighted by Crippen LogP contribution is 2.27. The van der Waals surface area contributed by atoms with Crippen LogP contribution in [0.2, 0.25) is 0 Å². The predicted molar refractivity (Wildman–Crippen MR) is 82.0 cm³/mol. The van der Waals surface area contributed by atoms with Crippen molar-refractivity contribution < 1.29 is 9.84 Å². The number of aryl methyl sites for hydroxylation is 1. The highest BCUT2D eigenvalue weighted by Gasteiger charge is 2.27. The summed E-state index contributed by atoms with van der Waals surface area (Å²) in [6, 6.07) is 6.28. The van der Waals surface area contributed by atoms with Crippen molar-refractivity contribution in [3.8, 4) is 5.75 Å². The number of nitrogens with one attached hydrogen (secondary N) is 1. The van der Waals surface area contributed by atoms with Gasteiger partial charge in [-0.15, -0.1) is 0 Å². The van der Waals surface area contributed by atoms with Crippen LogP contribution < -0.4 is 10.1 Å². The zero-order chi connectivity index (χ0) is 14.5. The second kappa shape index (κ2) is 7.09. The van der Waals surface area contributed by atoms with Crippen molar-refractivity contribution in [1.29, 1.82) is 0 Å². The predicted octanol–water partition coefficient (Wildman–Crippen LogP) is 3.03. The van der Waals surface area contributed by atoms with Crippen LogP contribution >= 0.6 is 0 Å². The molecule has 1 aliphatic carbocycles.